The summed E-state index contributed by atoms with van der Waals surface area (Å²) in [6, 6.07) is 8.44. The maximum Gasteiger partial charge on any atom is 0.335 e. The van der Waals surface area contributed by atoms with Crippen LogP contribution in [0.1, 0.15) is 110 Å². The van der Waals surface area contributed by atoms with Gasteiger partial charge in [0.25, 0.3) is 5.91 Å². The molecule has 5 rings (SSSR count). The van der Waals surface area contributed by atoms with Crippen LogP contribution in [0, 0.1) is 17.3 Å². The Balaban J connectivity index is 1.29. The summed E-state index contributed by atoms with van der Waals surface area (Å²) in [5, 5.41) is 13.1. The zero-order chi connectivity index (χ0) is 32.5. The van der Waals surface area contributed by atoms with Gasteiger partial charge in [-0.05, 0) is 113 Å². The van der Waals surface area contributed by atoms with Crippen LogP contribution in [-0.2, 0) is 22.4 Å². The minimum atomic E-state index is -1.01. The number of esters is 1. The number of carboxylic acid groups (broad SMARTS) is 1. The van der Waals surface area contributed by atoms with Crippen LogP contribution in [0.3, 0.4) is 0 Å². The van der Waals surface area contributed by atoms with Crippen molar-refractivity contribution in [1.82, 2.24) is 20.2 Å². The molecule has 1 amide bonds. The van der Waals surface area contributed by atoms with Crippen molar-refractivity contribution in [3.05, 3.63) is 57.7 Å². The van der Waals surface area contributed by atoms with Crippen LogP contribution in [0.5, 0.6) is 0 Å². The van der Waals surface area contributed by atoms with Crippen molar-refractivity contribution >= 4 is 39.5 Å². The lowest BCUT2D eigenvalue weighted by molar-refractivity contribution is -0.161. The molecular formula is C35H46N4O5S. The Labute approximate surface area is 269 Å². The van der Waals surface area contributed by atoms with E-state index in [1.807, 2.05) is 26.8 Å². The van der Waals surface area contributed by atoms with E-state index in [4.69, 9.17) is 14.7 Å². The Morgan fingerprint density at radius 2 is 1.80 bits per heavy atom. The first-order chi connectivity index (χ1) is 21.2. The van der Waals surface area contributed by atoms with Gasteiger partial charge in [-0.2, -0.15) is 0 Å². The molecule has 0 unspecified atom stereocenters. The second-order valence-electron chi connectivity index (χ2n) is 14.6. The van der Waals surface area contributed by atoms with E-state index in [-0.39, 0.29) is 28.8 Å². The summed E-state index contributed by atoms with van der Waals surface area (Å²) >= 11 is 1.30. The normalized spacial score (nSPS) is 18.8. The van der Waals surface area contributed by atoms with Crippen LogP contribution in [-0.4, -0.2) is 63.1 Å². The summed E-state index contributed by atoms with van der Waals surface area (Å²) in [5.74, 6) is -0.978. The number of carbonyl (C=O) groups excluding carboxylic acids is 2. The maximum absolute atomic E-state index is 13.6. The second kappa shape index (κ2) is 13.2. The number of thiazole rings is 1. The van der Waals surface area contributed by atoms with Gasteiger partial charge in [0.05, 0.1) is 17.5 Å². The molecule has 0 saturated carbocycles. The van der Waals surface area contributed by atoms with E-state index in [9.17, 15) is 19.5 Å². The number of pyridine rings is 1. The van der Waals surface area contributed by atoms with Crippen molar-refractivity contribution in [2.24, 2.45) is 17.3 Å². The van der Waals surface area contributed by atoms with Gasteiger partial charge in [-0.25, -0.2) is 14.8 Å². The molecule has 3 aromatic rings. The monoisotopic (exact) mass is 634 g/mol. The molecule has 2 aromatic heterocycles. The molecule has 2 aliphatic rings. The van der Waals surface area contributed by atoms with Gasteiger partial charge in [0.1, 0.15) is 15.9 Å². The predicted molar refractivity (Wildman–Crippen MR) is 176 cm³/mol. The smallest absolute Gasteiger partial charge is 0.335 e. The molecule has 1 aliphatic carbocycles. The zero-order valence-corrected chi connectivity index (χ0v) is 28.1. The fourth-order valence-electron chi connectivity index (χ4n) is 6.37. The first-order valence-electron chi connectivity index (χ1n) is 16.0. The van der Waals surface area contributed by atoms with Gasteiger partial charge in [-0.15, -0.1) is 0 Å². The quantitative estimate of drug-likeness (QED) is 0.271. The highest BCUT2D eigenvalue weighted by molar-refractivity contribution is 7.19. The van der Waals surface area contributed by atoms with Gasteiger partial charge in [0.15, 0.2) is 5.01 Å². The fraction of sp³-hybridized carbons (Fsp3) is 0.571. The average molecular weight is 635 g/mol. The number of hydrogen-bond acceptors (Lipinski definition) is 8. The molecule has 3 heterocycles. The number of nitrogens with zero attached hydrogens (tertiary/aromatic N) is 3. The van der Waals surface area contributed by atoms with Crippen molar-refractivity contribution in [2.45, 2.75) is 91.7 Å². The first-order valence-corrected chi connectivity index (χ1v) is 16.9. The highest BCUT2D eigenvalue weighted by atomic mass is 32.1. The standard InChI is InChI=1S/C35H46N4O5S/c1-34(2,3)25-10-11-26-24(19-25)20-28-30(37-26)45-31(38-28)29(40)36-27(22-8-7-9-23(18-22)32(41)42)14-17-39-15-12-21(13-16-39)33(43)44-35(4,5)6/h7-9,18,20-21,25,27H,10-17,19H2,1-6H3,(H,36,40)(H,41,42)/t25-,27+/m0/s1. The van der Waals surface area contributed by atoms with Crippen LogP contribution in [0.15, 0.2) is 30.3 Å². The van der Waals surface area contributed by atoms with E-state index >= 15 is 0 Å². The number of carbonyl (C=O) groups is 3. The summed E-state index contributed by atoms with van der Waals surface area (Å²) in [6.45, 7) is 14.7. The summed E-state index contributed by atoms with van der Waals surface area (Å²) in [5.41, 5.74) is 3.71. The van der Waals surface area contributed by atoms with E-state index in [1.54, 1.807) is 18.2 Å². The van der Waals surface area contributed by atoms with E-state index in [2.05, 4.69) is 37.1 Å². The third kappa shape index (κ3) is 8.27. The Bertz CT molecular complexity index is 1560. The Morgan fingerprint density at radius 3 is 2.47 bits per heavy atom. The number of aromatic carboxylic acids is 1. The highest BCUT2D eigenvalue weighted by Crippen LogP contribution is 2.38. The van der Waals surface area contributed by atoms with E-state index in [0.29, 0.717) is 23.9 Å². The van der Waals surface area contributed by atoms with Gasteiger partial charge in [0, 0.05) is 12.2 Å². The Morgan fingerprint density at radius 1 is 1.07 bits per heavy atom. The second-order valence-corrected chi connectivity index (χ2v) is 15.6. The van der Waals surface area contributed by atoms with Gasteiger partial charge < -0.3 is 20.1 Å². The molecule has 0 radical (unpaired) electrons. The number of benzene rings is 1. The molecule has 1 fully saturated rings. The van der Waals surface area contributed by atoms with Crippen molar-refractivity contribution in [3.63, 3.8) is 0 Å². The van der Waals surface area contributed by atoms with Crippen molar-refractivity contribution in [1.29, 1.82) is 0 Å². The molecule has 242 valence electrons. The predicted octanol–water partition coefficient (Wildman–Crippen LogP) is 6.46. The Kier molecular flexibility index (Phi) is 9.65. The largest absolute Gasteiger partial charge is 0.478 e. The lowest BCUT2D eigenvalue weighted by Gasteiger charge is -2.34. The van der Waals surface area contributed by atoms with Crippen molar-refractivity contribution in [3.8, 4) is 0 Å². The van der Waals surface area contributed by atoms with Gasteiger partial charge in [0.2, 0.25) is 0 Å². The molecule has 1 aromatic carbocycles. The molecule has 0 bridgehead atoms. The summed E-state index contributed by atoms with van der Waals surface area (Å²) in [7, 11) is 0. The first kappa shape index (κ1) is 33.0. The fourth-order valence-corrected chi connectivity index (χ4v) is 7.21. The van der Waals surface area contributed by atoms with Crippen molar-refractivity contribution < 1.29 is 24.2 Å². The third-order valence-corrected chi connectivity index (χ3v) is 10.0. The molecule has 10 heteroatoms. The van der Waals surface area contributed by atoms with Crippen LogP contribution >= 0.6 is 11.3 Å². The number of hydrogen-bond donors (Lipinski definition) is 2. The molecule has 9 nitrogen and oxygen atoms in total. The number of carboxylic acids is 1. The average Bonchev–Trinajstić information content (AvgIpc) is 3.39. The van der Waals surface area contributed by atoms with Gasteiger partial charge in [-0.1, -0.05) is 44.2 Å². The SMILES string of the molecule is CC(C)(C)OC(=O)C1CCN(CC[C@@H](NC(=O)c2nc3cc4c(nc3s2)CC[C@H](C(C)(C)C)C4)c2cccc(C(=O)O)c2)CC1. The number of likely N-dealkylation sites (tertiary alicyclic amines) is 1. The number of aromatic nitrogens is 2. The third-order valence-electron chi connectivity index (χ3n) is 9.07. The molecule has 2 N–H and O–H groups in total. The van der Waals surface area contributed by atoms with Crippen LogP contribution in [0.2, 0.25) is 0 Å². The molecule has 2 atom stereocenters. The molecule has 1 saturated heterocycles. The molecular weight excluding hydrogens is 588 g/mol. The summed E-state index contributed by atoms with van der Waals surface area (Å²) < 4.78 is 5.59. The topological polar surface area (TPSA) is 122 Å². The summed E-state index contributed by atoms with van der Waals surface area (Å²) in [6.07, 6.45) is 5.04. The lowest BCUT2D eigenvalue weighted by Crippen LogP contribution is -2.40. The van der Waals surface area contributed by atoms with Crippen LogP contribution in [0.25, 0.3) is 10.3 Å². The van der Waals surface area contributed by atoms with E-state index < -0.39 is 17.6 Å². The Hall–Kier alpha value is -3.37. The molecule has 1 aliphatic heterocycles. The van der Waals surface area contributed by atoms with Crippen LogP contribution in [0.4, 0.5) is 0 Å². The number of fused-ring (bicyclic) bond motifs is 2. The number of amides is 1. The molecule has 45 heavy (non-hydrogen) atoms. The maximum atomic E-state index is 13.6. The van der Waals surface area contributed by atoms with Crippen LogP contribution < -0.4 is 5.32 Å². The number of aryl methyl sites for hydroxylation is 1. The summed E-state index contributed by atoms with van der Waals surface area (Å²) in [4.78, 5) is 50.6. The molecule has 0 spiro atoms. The van der Waals surface area contributed by atoms with E-state index in [0.717, 1.165) is 66.8 Å². The lowest BCUT2D eigenvalue weighted by atomic mass is 9.71. The zero-order valence-electron chi connectivity index (χ0n) is 27.3. The van der Waals surface area contributed by atoms with E-state index in [1.165, 1.54) is 16.9 Å². The van der Waals surface area contributed by atoms with Crippen molar-refractivity contribution in [2.75, 3.05) is 19.6 Å². The number of rotatable bonds is 8. The minimum absolute atomic E-state index is 0.110. The van der Waals surface area contributed by atoms with Gasteiger partial charge in [-0.3, -0.25) is 9.59 Å². The number of piperidine rings is 1. The minimum Gasteiger partial charge on any atom is -0.478 e. The number of nitrogens with one attached hydrogen (secondary N) is 1. The highest BCUT2D eigenvalue weighted by Gasteiger charge is 2.31. The number of ether oxygens (including phenoxy) is 1. The van der Waals surface area contributed by atoms with Gasteiger partial charge >= 0.3 is 11.9 Å².